The number of hydrogen-bond acceptors (Lipinski definition) is 5. The molecule has 0 spiro atoms. The molecular formula is C14H21N3O3. The van der Waals surface area contributed by atoms with Crippen molar-refractivity contribution in [2.24, 2.45) is 5.92 Å². The molecule has 0 radical (unpaired) electrons. The van der Waals surface area contributed by atoms with Gasteiger partial charge in [0, 0.05) is 37.5 Å². The minimum absolute atomic E-state index is 0.268. The highest BCUT2D eigenvalue weighted by Gasteiger charge is 2.20. The molecule has 0 bridgehead atoms. The first-order valence-electron chi connectivity index (χ1n) is 6.96. The lowest BCUT2D eigenvalue weighted by Crippen LogP contribution is -2.35. The zero-order valence-electron chi connectivity index (χ0n) is 11.8. The molecule has 1 atom stereocenters. The first kappa shape index (κ1) is 14.7. The van der Waals surface area contributed by atoms with E-state index in [1.165, 1.54) is 0 Å². The van der Waals surface area contributed by atoms with E-state index >= 15 is 0 Å². The Hall–Kier alpha value is -1.69. The van der Waals surface area contributed by atoms with E-state index in [1.54, 1.807) is 19.5 Å². The fraction of sp³-hybridized carbons (Fsp3) is 0.643. The smallest absolute Gasteiger partial charge is 0.316 e. The minimum atomic E-state index is -0.703. The first-order valence-corrected chi connectivity index (χ1v) is 6.96. The zero-order valence-corrected chi connectivity index (χ0v) is 11.8. The van der Waals surface area contributed by atoms with Crippen molar-refractivity contribution in [2.45, 2.75) is 32.2 Å². The SMILES string of the molecule is COc1ncc(CN2CCCC(CCC(=O)O)C2)cn1. The maximum absolute atomic E-state index is 10.6. The average Bonchev–Trinajstić information content (AvgIpc) is 2.46. The van der Waals surface area contributed by atoms with E-state index in [0.717, 1.165) is 44.5 Å². The molecule has 110 valence electrons. The molecule has 1 fully saturated rings. The van der Waals surface area contributed by atoms with Crippen LogP contribution < -0.4 is 4.74 Å². The van der Waals surface area contributed by atoms with Crippen LogP contribution in [0, 0.1) is 5.92 Å². The highest BCUT2D eigenvalue weighted by molar-refractivity contribution is 5.66. The third kappa shape index (κ3) is 4.45. The molecule has 1 aromatic heterocycles. The largest absolute Gasteiger partial charge is 0.481 e. The van der Waals surface area contributed by atoms with E-state index in [9.17, 15) is 4.79 Å². The second-order valence-corrected chi connectivity index (χ2v) is 5.25. The molecule has 6 nitrogen and oxygen atoms in total. The highest BCUT2D eigenvalue weighted by Crippen LogP contribution is 2.22. The van der Waals surface area contributed by atoms with Crippen LogP contribution in [0.2, 0.25) is 0 Å². The van der Waals surface area contributed by atoms with E-state index < -0.39 is 5.97 Å². The highest BCUT2D eigenvalue weighted by atomic mass is 16.5. The summed E-state index contributed by atoms with van der Waals surface area (Å²) in [5, 5.41) is 8.75. The summed E-state index contributed by atoms with van der Waals surface area (Å²) in [5.41, 5.74) is 1.06. The molecule has 0 saturated carbocycles. The van der Waals surface area contributed by atoms with Gasteiger partial charge in [0.15, 0.2) is 0 Å². The predicted molar refractivity (Wildman–Crippen MR) is 73.5 cm³/mol. The van der Waals surface area contributed by atoms with Crippen molar-refractivity contribution in [2.75, 3.05) is 20.2 Å². The molecule has 0 aromatic carbocycles. The fourth-order valence-electron chi connectivity index (χ4n) is 2.65. The van der Waals surface area contributed by atoms with E-state index in [0.29, 0.717) is 11.9 Å². The number of methoxy groups -OCH3 is 1. The van der Waals surface area contributed by atoms with Gasteiger partial charge in [-0.25, -0.2) is 9.97 Å². The molecule has 1 aliphatic heterocycles. The van der Waals surface area contributed by atoms with E-state index in [2.05, 4.69) is 14.9 Å². The Bertz CT molecular complexity index is 436. The number of aliphatic carboxylic acids is 1. The fourth-order valence-corrected chi connectivity index (χ4v) is 2.65. The maximum Gasteiger partial charge on any atom is 0.316 e. The number of aromatic nitrogens is 2. The molecule has 2 rings (SSSR count). The van der Waals surface area contributed by atoms with Crippen LogP contribution in [0.1, 0.15) is 31.2 Å². The summed E-state index contributed by atoms with van der Waals surface area (Å²) in [6, 6.07) is 0.381. The first-order chi connectivity index (χ1) is 9.67. The maximum atomic E-state index is 10.6. The summed E-state index contributed by atoms with van der Waals surface area (Å²) in [4.78, 5) is 21.2. The number of carboxylic acids is 1. The monoisotopic (exact) mass is 279 g/mol. The molecule has 2 heterocycles. The zero-order chi connectivity index (χ0) is 14.4. The summed E-state index contributed by atoms with van der Waals surface area (Å²) in [5.74, 6) is -0.218. The number of nitrogens with zero attached hydrogens (tertiary/aromatic N) is 3. The van der Waals surface area contributed by atoms with Crippen molar-refractivity contribution in [1.29, 1.82) is 0 Å². The van der Waals surface area contributed by atoms with E-state index in [4.69, 9.17) is 9.84 Å². The number of carboxylic acid groups (broad SMARTS) is 1. The van der Waals surface area contributed by atoms with Crippen molar-refractivity contribution in [1.82, 2.24) is 14.9 Å². The van der Waals surface area contributed by atoms with Crippen LogP contribution in [-0.2, 0) is 11.3 Å². The molecule has 1 saturated heterocycles. The Morgan fingerprint density at radius 3 is 2.90 bits per heavy atom. The number of likely N-dealkylation sites (tertiary alicyclic amines) is 1. The van der Waals surface area contributed by atoms with Crippen molar-refractivity contribution >= 4 is 5.97 Å². The quantitative estimate of drug-likeness (QED) is 0.851. The molecular weight excluding hydrogens is 258 g/mol. The van der Waals surface area contributed by atoms with Gasteiger partial charge < -0.3 is 9.84 Å². The van der Waals surface area contributed by atoms with E-state index in [1.807, 2.05) is 0 Å². The van der Waals surface area contributed by atoms with Gasteiger partial charge in [-0.2, -0.15) is 0 Å². The number of carbonyl (C=O) groups is 1. The Balaban J connectivity index is 1.83. The lowest BCUT2D eigenvalue weighted by Gasteiger charge is -2.32. The average molecular weight is 279 g/mol. The van der Waals surface area contributed by atoms with Crippen LogP contribution in [-0.4, -0.2) is 46.1 Å². The molecule has 20 heavy (non-hydrogen) atoms. The van der Waals surface area contributed by atoms with Crippen LogP contribution in [0.3, 0.4) is 0 Å². The standard InChI is InChI=1S/C14H21N3O3/c1-20-14-15-7-12(8-16-14)10-17-6-2-3-11(9-17)4-5-13(18)19/h7-8,11H,2-6,9-10H2,1H3,(H,18,19). The topological polar surface area (TPSA) is 75.5 Å². The summed E-state index contributed by atoms with van der Waals surface area (Å²) < 4.78 is 4.94. The summed E-state index contributed by atoms with van der Waals surface area (Å²) in [6.07, 6.45) is 6.86. The van der Waals surface area contributed by atoms with Crippen molar-refractivity contribution < 1.29 is 14.6 Å². The van der Waals surface area contributed by atoms with Gasteiger partial charge in [0.05, 0.1) is 7.11 Å². The Morgan fingerprint density at radius 1 is 1.50 bits per heavy atom. The molecule has 1 N–H and O–H groups in total. The Kier molecular flexibility index (Phi) is 5.29. The van der Waals surface area contributed by atoms with Gasteiger partial charge in [-0.05, 0) is 31.7 Å². The molecule has 0 amide bonds. The van der Waals surface area contributed by atoms with Gasteiger partial charge in [0.25, 0.3) is 0 Å². The lowest BCUT2D eigenvalue weighted by molar-refractivity contribution is -0.137. The lowest BCUT2D eigenvalue weighted by atomic mass is 9.93. The third-order valence-corrected chi connectivity index (χ3v) is 3.64. The minimum Gasteiger partial charge on any atom is -0.481 e. The Labute approximate surface area is 118 Å². The summed E-state index contributed by atoms with van der Waals surface area (Å²) >= 11 is 0. The van der Waals surface area contributed by atoms with Crippen LogP contribution >= 0.6 is 0 Å². The van der Waals surface area contributed by atoms with Crippen molar-refractivity contribution in [3.05, 3.63) is 18.0 Å². The Morgan fingerprint density at radius 2 is 2.25 bits per heavy atom. The number of rotatable bonds is 6. The van der Waals surface area contributed by atoms with Gasteiger partial charge >= 0.3 is 12.0 Å². The molecule has 0 aliphatic carbocycles. The predicted octanol–water partition coefficient (Wildman–Crippen LogP) is 1.56. The molecule has 1 unspecified atom stereocenters. The van der Waals surface area contributed by atoms with E-state index in [-0.39, 0.29) is 6.42 Å². The van der Waals surface area contributed by atoms with Gasteiger partial charge in [0.2, 0.25) is 0 Å². The molecule has 1 aliphatic rings. The van der Waals surface area contributed by atoms with Gasteiger partial charge in [-0.15, -0.1) is 0 Å². The molecule has 1 aromatic rings. The van der Waals surface area contributed by atoms with Gasteiger partial charge in [0.1, 0.15) is 0 Å². The van der Waals surface area contributed by atoms with Crippen LogP contribution in [0.15, 0.2) is 12.4 Å². The number of ether oxygens (including phenoxy) is 1. The summed E-state index contributed by atoms with van der Waals surface area (Å²) in [6.45, 7) is 2.82. The van der Waals surface area contributed by atoms with Crippen LogP contribution in [0.4, 0.5) is 0 Å². The number of hydrogen-bond donors (Lipinski definition) is 1. The van der Waals surface area contributed by atoms with Crippen molar-refractivity contribution in [3.63, 3.8) is 0 Å². The van der Waals surface area contributed by atoms with Gasteiger partial charge in [-0.1, -0.05) is 0 Å². The number of piperidine rings is 1. The van der Waals surface area contributed by atoms with Crippen LogP contribution in [0.5, 0.6) is 6.01 Å². The third-order valence-electron chi connectivity index (χ3n) is 3.64. The molecule has 6 heteroatoms. The second kappa shape index (κ2) is 7.19. The van der Waals surface area contributed by atoms with Crippen molar-refractivity contribution in [3.8, 4) is 6.01 Å². The normalized spacial score (nSPS) is 19.8. The van der Waals surface area contributed by atoms with Gasteiger partial charge in [-0.3, -0.25) is 9.69 Å². The second-order valence-electron chi connectivity index (χ2n) is 5.25. The summed E-state index contributed by atoms with van der Waals surface area (Å²) in [7, 11) is 1.55. The van der Waals surface area contributed by atoms with Crippen LogP contribution in [0.25, 0.3) is 0 Å².